The van der Waals surface area contributed by atoms with Crippen molar-refractivity contribution in [1.82, 2.24) is 0 Å². The molecule has 0 radical (unpaired) electrons. The molecule has 0 N–H and O–H groups in total. The van der Waals surface area contributed by atoms with E-state index in [2.05, 4.69) is 0 Å². The van der Waals surface area contributed by atoms with E-state index in [0.717, 1.165) is 0 Å². The van der Waals surface area contributed by atoms with Gasteiger partial charge in [-0.3, -0.25) is 14.4 Å². The van der Waals surface area contributed by atoms with E-state index >= 15 is 0 Å². The minimum absolute atomic E-state index is 0.00591. The summed E-state index contributed by atoms with van der Waals surface area (Å²) in [7, 11) is 0. The van der Waals surface area contributed by atoms with Crippen molar-refractivity contribution in [3.63, 3.8) is 0 Å². The zero-order valence-electron chi connectivity index (χ0n) is 12.5. The zero-order chi connectivity index (χ0) is 15.8. The van der Waals surface area contributed by atoms with Gasteiger partial charge in [-0.15, -0.1) is 0 Å². The molecule has 22 heavy (non-hydrogen) atoms. The van der Waals surface area contributed by atoms with Crippen LogP contribution in [0.4, 0.5) is 0 Å². The molecule has 1 aliphatic heterocycles. The molecule has 1 spiro atoms. The minimum atomic E-state index is -0.739. The van der Waals surface area contributed by atoms with Crippen molar-refractivity contribution < 1.29 is 23.9 Å². The number of hydrogen-bond acceptors (Lipinski definition) is 5. The molecule has 2 aliphatic carbocycles. The summed E-state index contributed by atoms with van der Waals surface area (Å²) in [6, 6.07) is 0. The van der Waals surface area contributed by atoms with Gasteiger partial charge in [0.15, 0.2) is 11.6 Å². The van der Waals surface area contributed by atoms with Crippen LogP contribution in [0.15, 0.2) is 36.1 Å². The molecule has 3 aliphatic rings. The van der Waals surface area contributed by atoms with E-state index in [1.807, 2.05) is 0 Å². The van der Waals surface area contributed by atoms with Gasteiger partial charge in [-0.2, -0.15) is 0 Å². The highest BCUT2D eigenvalue weighted by atomic mass is 16.5. The maximum absolute atomic E-state index is 12.0. The Bertz CT molecular complexity index is 609. The first-order chi connectivity index (χ1) is 10.5. The molecular weight excluding hydrogens is 284 g/mol. The molecular formula is C17H18O5. The average molecular weight is 302 g/mol. The first kappa shape index (κ1) is 14.8. The summed E-state index contributed by atoms with van der Waals surface area (Å²) in [5, 5.41) is 0. The summed E-state index contributed by atoms with van der Waals surface area (Å²) in [5.74, 6) is 0.170. The van der Waals surface area contributed by atoms with Crippen molar-refractivity contribution in [1.29, 1.82) is 0 Å². The van der Waals surface area contributed by atoms with Gasteiger partial charge in [-0.05, 0) is 37.6 Å². The highest BCUT2D eigenvalue weighted by molar-refractivity contribution is 6.00. The second kappa shape index (κ2) is 5.23. The van der Waals surface area contributed by atoms with Gasteiger partial charge in [-0.25, -0.2) is 0 Å². The third-order valence-electron chi connectivity index (χ3n) is 4.43. The molecule has 5 heteroatoms. The Balaban J connectivity index is 1.92. The lowest BCUT2D eigenvalue weighted by atomic mass is 9.70. The fraction of sp³-hybridized carbons (Fsp3) is 0.471. The van der Waals surface area contributed by atoms with E-state index in [9.17, 15) is 14.4 Å². The SMILES string of the molecule is CCOC(=O)CC12CCC(=O)C=C1OC1(C=CC(=O)C=C1)C2. The molecule has 1 heterocycles. The first-order valence-electron chi connectivity index (χ1n) is 7.49. The fourth-order valence-electron chi connectivity index (χ4n) is 3.41. The normalized spacial score (nSPS) is 28.3. The molecule has 0 saturated carbocycles. The van der Waals surface area contributed by atoms with Crippen LogP contribution in [0, 0.1) is 5.41 Å². The van der Waals surface area contributed by atoms with Gasteiger partial charge in [-0.1, -0.05) is 0 Å². The second-order valence-corrected chi connectivity index (χ2v) is 6.04. The molecule has 5 nitrogen and oxygen atoms in total. The number of ketones is 2. The Kier molecular flexibility index (Phi) is 3.51. The van der Waals surface area contributed by atoms with Crippen molar-refractivity contribution >= 4 is 17.5 Å². The van der Waals surface area contributed by atoms with Crippen molar-refractivity contribution in [2.75, 3.05) is 6.61 Å². The fourth-order valence-corrected chi connectivity index (χ4v) is 3.41. The Hall–Kier alpha value is -2.17. The standard InChI is InChI=1S/C17H18O5/c1-2-21-15(20)10-16-6-3-13(19)9-14(16)22-17(11-16)7-4-12(18)5-8-17/h4-5,7-9H,2-3,6,10-11H2,1H3. The number of esters is 1. The third-order valence-corrected chi connectivity index (χ3v) is 4.43. The third kappa shape index (κ3) is 2.51. The summed E-state index contributed by atoms with van der Waals surface area (Å²) in [6.45, 7) is 2.09. The smallest absolute Gasteiger partial charge is 0.306 e. The number of carbonyl (C=O) groups is 3. The van der Waals surface area contributed by atoms with Gasteiger partial charge in [0, 0.05) is 24.3 Å². The summed E-state index contributed by atoms with van der Waals surface area (Å²) < 4.78 is 11.1. The lowest BCUT2D eigenvalue weighted by Gasteiger charge is -2.29. The molecule has 0 aromatic rings. The van der Waals surface area contributed by atoms with Crippen molar-refractivity contribution in [2.24, 2.45) is 5.41 Å². The number of fused-ring (bicyclic) bond motifs is 1. The van der Waals surface area contributed by atoms with Crippen LogP contribution in [0.1, 0.15) is 32.6 Å². The number of ether oxygens (including phenoxy) is 2. The second-order valence-electron chi connectivity index (χ2n) is 6.04. The maximum Gasteiger partial charge on any atom is 0.306 e. The van der Waals surface area contributed by atoms with Crippen molar-refractivity contribution in [3.8, 4) is 0 Å². The Morgan fingerprint density at radius 1 is 1.32 bits per heavy atom. The largest absolute Gasteiger partial charge is 0.483 e. The van der Waals surface area contributed by atoms with E-state index in [1.165, 1.54) is 18.2 Å². The van der Waals surface area contributed by atoms with E-state index in [4.69, 9.17) is 9.47 Å². The summed E-state index contributed by atoms with van der Waals surface area (Å²) in [4.78, 5) is 35.0. The quantitative estimate of drug-likeness (QED) is 0.746. The van der Waals surface area contributed by atoms with E-state index in [1.54, 1.807) is 19.1 Å². The lowest BCUT2D eigenvalue weighted by Crippen LogP contribution is -2.31. The van der Waals surface area contributed by atoms with Gasteiger partial charge < -0.3 is 9.47 Å². The van der Waals surface area contributed by atoms with Crippen LogP contribution in [-0.2, 0) is 23.9 Å². The predicted octanol–water partition coefficient (Wildman–Crippen LogP) is 2.03. The van der Waals surface area contributed by atoms with Gasteiger partial charge in [0.25, 0.3) is 0 Å². The molecule has 1 unspecified atom stereocenters. The molecule has 0 aromatic carbocycles. The zero-order valence-corrected chi connectivity index (χ0v) is 12.5. The highest BCUT2D eigenvalue weighted by Crippen LogP contribution is 2.55. The van der Waals surface area contributed by atoms with Gasteiger partial charge in [0.2, 0.25) is 0 Å². The summed E-state index contributed by atoms with van der Waals surface area (Å²) in [6.07, 6.45) is 9.56. The Labute approximate surface area is 128 Å². The van der Waals surface area contributed by atoms with Gasteiger partial charge in [0.05, 0.1) is 13.0 Å². The predicted molar refractivity (Wildman–Crippen MR) is 77.7 cm³/mol. The van der Waals surface area contributed by atoms with Gasteiger partial charge >= 0.3 is 5.97 Å². The molecule has 0 aromatic heterocycles. The topological polar surface area (TPSA) is 69.7 Å². The van der Waals surface area contributed by atoms with Crippen LogP contribution in [0.25, 0.3) is 0 Å². The van der Waals surface area contributed by atoms with Crippen LogP contribution in [-0.4, -0.2) is 29.7 Å². The Morgan fingerprint density at radius 3 is 2.73 bits per heavy atom. The van der Waals surface area contributed by atoms with E-state index in [-0.39, 0.29) is 24.0 Å². The molecule has 3 rings (SSSR count). The van der Waals surface area contributed by atoms with E-state index in [0.29, 0.717) is 31.6 Å². The molecule has 1 fully saturated rings. The number of carbonyl (C=O) groups excluding carboxylic acids is 3. The minimum Gasteiger partial charge on any atom is -0.483 e. The van der Waals surface area contributed by atoms with Crippen LogP contribution in [0.5, 0.6) is 0 Å². The highest BCUT2D eigenvalue weighted by Gasteiger charge is 2.54. The molecule has 1 saturated heterocycles. The molecule has 116 valence electrons. The molecule has 0 amide bonds. The van der Waals surface area contributed by atoms with Gasteiger partial charge in [0.1, 0.15) is 11.4 Å². The number of hydrogen-bond donors (Lipinski definition) is 0. The van der Waals surface area contributed by atoms with Crippen LogP contribution in [0.2, 0.25) is 0 Å². The monoisotopic (exact) mass is 302 g/mol. The van der Waals surface area contributed by atoms with Crippen LogP contribution < -0.4 is 0 Å². The van der Waals surface area contributed by atoms with E-state index < -0.39 is 11.0 Å². The lowest BCUT2D eigenvalue weighted by molar-refractivity contribution is -0.146. The van der Waals surface area contributed by atoms with Crippen LogP contribution in [0.3, 0.4) is 0 Å². The van der Waals surface area contributed by atoms with Crippen molar-refractivity contribution in [3.05, 3.63) is 36.1 Å². The van der Waals surface area contributed by atoms with Crippen molar-refractivity contribution in [2.45, 2.75) is 38.2 Å². The Morgan fingerprint density at radius 2 is 2.05 bits per heavy atom. The summed E-state index contributed by atoms with van der Waals surface area (Å²) in [5.41, 5.74) is -1.26. The molecule has 1 atom stereocenters. The van der Waals surface area contributed by atoms with Crippen LogP contribution >= 0.6 is 0 Å². The number of allylic oxidation sites excluding steroid dienone is 4. The maximum atomic E-state index is 12.0. The molecule has 0 bridgehead atoms. The average Bonchev–Trinajstić information content (AvgIpc) is 2.76. The number of rotatable bonds is 3. The first-order valence-corrected chi connectivity index (χ1v) is 7.49. The summed E-state index contributed by atoms with van der Waals surface area (Å²) >= 11 is 0.